The standard InChI is InChI=1S/C17H22O8/c1-4-21-12-9-10(7-8-11(12)18)17-24-13(15(19)22-5-2)14(25-17)16(20)23-6-3/h7-9,13-14,17-18H,4-6H2,1-3H3/t13-,14-/m1/s1. The van der Waals surface area contributed by atoms with Gasteiger partial charge < -0.3 is 28.8 Å². The predicted molar refractivity (Wildman–Crippen MR) is 85.0 cm³/mol. The van der Waals surface area contributed by atoms with E-state index in [2.05, 4.69) is 0 Å². The molecule has 2 rings (SSSR count). The van der Waals surface area contributed by atoms with Gasteiger partial charge in [-0.3, -0.25) is 0 Å². The molecule has 8 nitrogen and oxygen atoms in total. The Morgan fingerprint density at radius 2 is 1.56 bits per heavy atom. The zero-order valence-corrected chi connectivity index (χ0v) is 14.4. The van der Waals surface area contributed by atoms with Crippen LogP contribution in [0.3, 0.4) is 0 Å². The summed E-state index contributed by atoms with van der Waals surface area (Å²) in [6, 6.07) is 4.50. The summed E-state index contributed by atoms with van der Waals surface area (Å²) in [5.74, 6) is -1.19. The van der Waals surface area contributed by atoms with Crippen molar-refractivity contribution in [3.05, 3.63) is 23.8 Å². The van der Waals surface area contributed by atoms with Gasteiger partial charge in [0.1, 0.15) is 0 Å². The van der Waals surface area contributed by atoms with Crippen molar-refractivity contribution in [2.24, 2.45) is 0 Å². The highest BCUT2D eigenvalue weighted by molar-refractivity contribution is 5.86. The zero-order valence-electron chi connectivity index (χ0n) is 14.4. The van der Waals surface area contributed by atoms with E-state index in [0.717, 1.165) is 0 Å². The number of carbonyl (C=O) groups is 2. The quantitative estimate of drug-likeness (QED) is 0.739. The van der Waals surface area contributed by atoms with Crippen LogP contribution in [0.15, 0.2) is 18.2 Å². The number of aromatic hydroxyl groups is 1. The fourth-order valence-electron chi connectivity index (χ4n) is 2.35. The minimum atomic E-state index is -1.23. The number of benzene rings is 1. The number of hydrogen-bond acceptors (Lipinski definition) is 8. The number of ether oxygens (including phenoxy) is 5. The van der Waals surface area contributed by atoms with Gasteiger partial charge in [0.2, 0.25) is 0 Å². The first-order chi connectivity index (χ1) is 12.0. The largest absolute Gasteiger partial charge is 0.504 e. The van der Waals surface area contributed by atoms with E-state index in [1.165, 1.54) is 12.1 Å². The maximum Gasteiger partial charge on any atom is 0.338 e. The first-order valence-electron chi connectivity index (χ1n) is 8.11. The molecule has 1 aromatic rings. The lowest BCUT2D eigenvalue weighted by Crippen LogP contribution is -2.39. The van der Waals surface area contributed by atoms with Crippen LogP contribution in [0.2, 0.25) is 0 Å². The Balaban J connectivity index is 2.24. The van der Waals surface area contributed by atoms with Crippen molar-refractivity contribution in [2.45, 2.75) is 39.3 Å². The van der Waals surface area contributed by atoms with E-state index in [0.29, 0.717) is 12.2 Å². The highest BCUT2D eigenvalue weighted by Crippen LogP contribution is 2.36. The first kappa shape index (κ1) is 19.0. The van der Waals surface area contributed by atoms with Crippen LogP contribution in [-0.4, -0.2) is 49.1 Å². The van der Waals surface area contributed by atoms with E-state index in [9.17, 15) is 14.7 Å². The van der Waals surface area contributed by atoms with E-state index < -0.39 is 30.4 Å². The van der Waals surface area contributed by atoms with Crippen LogP contribution in [0.5, 0.6) is 11.5 Å². The van der Waals surface area contributed by atoms with Crippen LogP contribution in [0, 0.1) is 0 Å². The molecule has 0 amide bonds. The average Bonchev–Trinajstić information content (AvgIpc) is 3.03. The Morgan fingerprint density at radius 1 is 1.00 bits per heavy atom. The monoisotopic (exact) mass is 354 g/mol. The van der Waals surface area contributed by atoms with Gasteiger partial charge in [0.25, 0.3) is 0 Å². The molecule has 1 aliphatic rings. The van der Waals surface area contributed by atoms with Crippen molar-refractivity contribution in [3.8, 4) is 11.5 Å². The van der Waals surface area contributed by atoms with Crippen molar-refractivity contribution < 1.29 is 38.4 Å². The Bertz CT molecular complexity index is 589. The fourth-order valence-corrected chi connectivity index (χ4v) is 2.35. The highest BCUT2D eigenvalue weighted by Gasteiger charge is 2.47. The zero-order chi connectivity index (χ0) is 18.4. The lowest BCUT2D eigenvalue weighted by atomic mass is 10.2. The molecule has 0 saturated carbocycles. The summed E-state index contributed by atoms with van der Waals surface area (Å²) >= 11 is 0. The molecule has 0 spiro atoms. The SMILES string of the molecule is CCOC(=O)[C@@H]1OC(c2ccc(O)c(OCC)c2)O[C@H]1C(=O)OCC. The molecule has 1 heterocycles. The molecule has 0 bridgehead atoms. The smallest absolute Gasteiger partial charge is 0.338 e. The second-order valence-corrected chi connectivity index (χ2v) is 5.11. The van der Waals surface area contributed by atoms with Crippen molar-refractivity contribution >= 4 is 11.9 Å². The molecular formula is C17H22O8. The third-order valence-electron chi connectivity index (χ3n) is 3.41. The molecule has 25 heavy (non-hydrogen) atoms. The second kappa shape index (κ2) is 8.68. The van der Waals surface area contributed by atoms with E-state index in [1.807, 2.05) is 0 Å². The van der Waals surface area contributed by atoms with E-state index >= 15 is 0 Å². The predicted octanol–water partition coefficient (Wildman–Crippen LogP) is 1.70. The number of phenolic OH excluding ortho intramolecular Hbond substituents is 1. The third kappa shape index (κ3) is 4.40. The van der Waals surface area contributed by atoms with Gasteiger partial charge in [-0.15, -0.1) is 0 Å². The molecule has 0 unspecified atom stereocenters. The maximum atomic E-state index is 12.1. The molecule has 2 atom stereocenters. The van der Waals surface area contributed by atoms with Gasteiger partial charge in [0.15, 0.2) is 30.0 Å². The van der Waals surface area contributed by atoms with E-state index in [4.69, 9.17) is 23.7 Å². The normalized spacial score (nSPS) is 20.3. The fraction of sp³-hybridized carbons (Fsp3) is 0.529. The molecule has 138 valence electrons. The number of esters is 2. The number of phenols is 1. The molecule has 1 saturated heterocycles. The molecule has 1 N–H and O–H groups in total. The van der Waals surface area contributed by atoms with Crippen LogP contribution < -0.4 is 4.74 Å². The van der Waals surface area contributed by atoms with Gasteiger partial charge in [-0.1, -0.05) is 6.07 Å². The van der Waals surface area contributed by atoms with Gasteiger partial charge >= 0.3 is 11.9 Å². The third-order valence-corrected chi connectivity index (χ3v) is 3.41. The molecule has 1 aromatic carbocycles. The van der Waals surface area contributed by atoms with E-state index in [-0.39, 0.29) is 24.7 Å². The number of rotatable bonds is 7. The van der Waals surface area contributed by atoms with Gasteiger partial charge in [-0.2, -0.15) is 0 Å². The van der Waals surface area contributed by atoms with Crippen LogP contribution in [0.25, 0.3) is 0 Å². The summed E-state index contributed by atoms with van der Waals surface area (Å²) in [5, 5.41) is 9.77. The summed E-state index contributed by atoms with van der Waals surface area (Å²) < 4.78 is 26.3. The molecule has 0 aromatic heterocycles. The Labute approximate surface area is 145 Å². The summed E-state index contributed by atoms with van der Waals surface area (Å²) in [7, 11) is 0. The van der Waals surface area contributed by atoms with Crippen LogP contribution in [-0.2, 0) is 28.5 Å². The number of carbonyl (C=O) groups excluding carboxylic acids is 2. The van der Waals surface area contributed by atoms with Crippen molar-refractivity contribution in [1.82, 2.24) is 0 Å². The molecule has 1 fully saturated rings. The maximum absolute atomic E-state index is 12.1. The molecule has 0 radical (unpaired) electrons. The summed E-state index contributed by atoms with van der Waals surface area (Å²) in [6.45, 7) is 5.74. The second-order valence-electron chi connectivity index (χ2n) is 5.11. The molecule has 0 aliphatic carbocycles. The summed E-state index contributed by atoms with van der Waals surface area (Å²) in [4.78, 5) is 24.1. The van der Waals surface area contributed by atoms with Crippen molar-refractivity contribution in [3.63, 3.8) is 0 Å². The van der Waals surface area contributed by atoms with Crippen molar-refractivity contribution in [2.75, 3.05) is 19.8 Å². The Kier molecular flexibility index (Phi) is 6.60. The number of hydrogen-bond donors (Lipinski definition) is 1. The van der Waals surface area contributed by atoms with Gasteiger partial charge in [-0.05, 0) is 32.9 Å². The van der Waals surface area contributed by atoms with Crippen molar-refractivity contribution in [1.29, 1.82) is 0 Å². The molecule has 1 aliphatic heterocycles. The first-order valence-corrected chi connectivity index (χ1v) is 8.11. The highest BCUT2D eigenvalue weighted by atomic mass is 16.8. The lowest BCUT2D eigenvalue weighted by Gasteiger charge is -2.13. The van der Waals surface area contributed by atoms with Gasteiger partial charge in [0, 0.05) is 5.56 Å². The Hall–Kier alpha value is -2.32. The molecule has 8 heteroatoms. The summed E-state index contributed by atoms with van der Waals surface area (Å²) in [6.07, 6.45) is -3.45. The average molecular weight is 354 g/mol. The topological polar surface area (TPSA) is 101 Å². The van der Waals surface area contributed by atoms with Gasteiger partial charge in [-0.25, -0.2) is 9.59 Å². The van der Waals surface area contributed by atoms with Crippen LogP contribution in [0.1, 0.15) is 32.6 Å². The Morgan fingerprint density at radius 3 is 2.04 bits per heavy atom. The van der Waals surface area contributed by atoms with Gasteiger partial charge in [0.05, 0.1) is 19.8 Å². The van der Waals surface area contributed by atoms with Crippen LogP contribution in [0.4, 0.5) is 0 Å². The van der Waals surface area contributed by atoms with E-state index in [1.54, 1.807) is 26.8 Å². The van der Waals surface area contributed by atoms with Crippen LogP contribution >= 0.6 is 0 Å². The minimum Gasteiger partial charge on any atom is -0.504 e. The lowest BCUT2D eigenvalue weighted by molar-refractivity contribution is -0.163. The summed E-state index contributed by atoms with van der Waals surface area (Å²) in [5.41, 5.74) is 0.488. The minimum absolute atomic E-state index is 0.0347. The molecular weight excluding hydrogens is 332 g/mol.